The van der Waals surface area contributed by atoms with Crippen LogP contribution in [0.1, 0.15) is 0 Å². The molecule has 0 aliphatic carbocycles. The molecule has 0 fully saturated rings. The van der Waals surface area contributed by atoms with Gasteiger partial charge in [0.2, 0.25) is 5.91 Å². The summed E-state index contributed by atoms with van der Waals surface area (Å²) in [6.07, 6.45) is 1.36. The summed E-state index contributed by atoms with van der Waals surface area (Å²) in [5, 5.41) is 2.79. The van der Waals surface area contributed by atoms with Crippen molar-refractivity contribution in [3.8, 4) is 22.9 Å². The van der Waals surface area contributed by atoms with Gasteiger partial charge in [-0.3, -0.25) is 18.7 Å². The van der Waals surface area contributed by atoms with E-state index < -0.39 is 23.7 Å². The van der Waals surface area contributed by atoms with E-state index in [1.807, 2.05) is 0 Å². The quantitative estimate of drug-likeness (QED) is 0.479. The first-order valence-corrected chi connectivity index (χ1v) is 9.96. The number of carbonyl (C=O) groups is 1. The summed E-state index contributed by atoms with van der Waals surface area (Å²) in [6.45, 7) is -0.459. The highest BCUT2D eigenvalue weighted by Crippen LogP contribution is 2.20. The van der Waals surface area contributed by atoms with Crippen molar-refractivity contribution in [1.82, 2.24) is 19.1 Å². The Morgan fingerprint density at radius 3 is 2.45 bits per heavy atom. The summed E-state index contributed by atoms with van der Waals surface area (Å²) in [5.41, 5.74) is 0.0580. The van der Waals surface area contributed by atoms with Crippen molar-refractivity contribution in [3.63, 3.8) is 0 Å². The van der Waals surface area contributed by atoms with E-state index in [0.717, 1.165) is 4.57 Å². The molecule has 2 heterocycles. The molecule has 0 unspecified atom stereocenters. The Morgan fingerprint density at radius 2 is 1.76 bits per heavy atom. The summed E-state index contributed by atoms with van der Waals surface area (Å²) in [6, 6.07) is 13.9. The van der Waals surface area contributed by atoms with Crippen LogP contribution in [0.2, 0.25) is 0 Å². The summed E-state index contributed by atoms with van der Waals surface area (Å²) in [5.74, 6) is 1.07. The third kappa shape index (κ3) is 4.31. The van der Waals surface area contributed by atoms with Crippen LogP contribution in [0.3, 0.4) is 0 Å². The van der Waals surface area contributed by atoms with Crippen molar-refractivity contribution in [2.45, 2.75) is 6.54 Å². The zero-order chi connectivity index (χ0) is 23.5. The minimum absolute atomic E-state index is 0.128. The smallest absolute Gasteiger partial charge is 0.332 e. The number of benzene rings is 2. The molecule has 0 spiro atoms. The normalized spacial score (nSPS) is 10.8. The molecule has 10 nitrogen and oxygen atoms in total. The molecule has 33 heavy (non-hydrogen) atoms. The Balaban J connectivity index is 1.67. The SMILES string of the molecule is COc1ccc(-c2ncc3c(=O)n(CC(=O)Nc4cccc(OC)c4)c(=O)n(C)c3n2)cc1. The molecular weight excluding hydrogens is 426 g/mol. The zero-order valence-corrected chi connectivity index (χ0v) is 18.2. The number of fused-ring (bicyclic) bond motifs is 1. The van der Waals surface area contributed by atoms with Gasteiger partial charge in [0.1, 0.15) is 23.4 Å². The van der Waals surface area contributed by atoms with Crippen LogP contribution in [0, 0.1) is 0 Å². The highest BCUT2D eigenvalue weighted by Gasteiger charge is 2.16. The third-order valence-corrected chi connectivity index (χ3v) is 5.08. The molecule has 168 valence electrons. The van der Waals surface area contributed by atoms with Gasteiger partial charge in [0.05, 0.1) is 14.2 Å². The van der Waals surface area contributed by atoms with E-state index in [2.05, 4.69) is 15.3 Å². The Labute approximate surface area is 188 Å². The summed E-state index contributed by atoms with van der Waals surface area (Å²) in [7, 11) is 4.58. The molecule has 0 saturated carbocycles. The molecule has 2 aromatic heterocycles. The van der Waals surface area contributed by atoms with E-state index in [1.165, 1.54) is 24.9 Å². The van der Waals surface area contributed by atoms with Crippen molar-refractivity contribution in [3.05, 3.63) is 75.6 Å². The molecule has 4 rings (SSSR count). The lowest BCUT2D eigenvalue weighted by Gasteiger charge is -2.11. The average molecular weight is 447 g/mol. The standard InChI is InChI=1S/C23H21N5O5/c1-27-21-18(12-24-20(26-21)14-7-9-16(32-2)10-8-14)22(30)28(23(27)31)13-19(29)25-15-5-4-6-17(11-15)33-3/h4-12H,13H2,1-3H3,(H,25,29). The second kappa shape index (κ2) is 8.95. The van der Waals surface area contributed by atoms with Gasteiger partial charge in [0.25, 0.3) is 5.56 Å². The lowest BCUT2D eigenvalue weighted by Crippen LogP contribution is -2.42. The maximum atomic E-state index is 13.0. The van der Waals surface area contributed by atoms with Crippen LogP contribution in [-0.4, -0.2) is 39.2 Å². The molecule has 0 atom stereocenters. The van der Waals surface area contributed by atoms with Gasteiger partial charge in [-0.1, -0.05) is 6.07 Å². The molecule has 2 aromatic carbocycles. The molecule has 0 radical (unpaired) electrons. The van der Waals surface area contributed by atoms with Crippen LogP contribution >= 0.6 is 0 Å². The molecule has 0 saturated heterocycles. The highest BCUT2D eigenvalue weighted by molar-refractivity contribution is 5.91. The maximum absolute atomic E-state index is 13.0. The average Bonchev–Trinajstić information content (AvgIpc) is 2.85. The number of amides is 1. The fourth-order valence-electron chi connectivity index (χ4n) is 3.35. The number of nitrogens with one attached hydrogen (secondary N) is 1. The lowest BCUT2D eigenvalue weighted by atomic mass is 10.2. The molecule has 0 aliphatic heterocycles. The molecule has 1 N–H and O–H groups in total. The van der Waals surface area contributed by atoms with Gasteiger partial charge in [0.15, 0.2) is 11.5 Å². The van der Waals surface area contributed by atoms with E-state index in [0.29, 0.717) is 28.6 Å². The fourth-order valence-corrected chi connectivity index (χ4v) is 3.35. The van der Waals surface area contributed by atoms with Gasteiger partial charge in [-0.2, -0.15) is 0 Å². The first-order valence-electron chi connectivity index (χ1n) is 9.96. The van der Waals surface area contributed by atoms with Crippen molar-refractivity contribution >= 4 is 22.6 Å². The van der Waals surface area contributed by atoms with Gasteiger partial charge < -0.3 is 14.8 Å². The first kappa shape index (κ1) is 21.8. The van der Waals surface area contributed by atoms with Crippen LogP contribution in [0.25, 0.3) is 22.4 Å². The summed E-state index contributed by atoms with van der Waals surface area (Å²) >= 11 is 0. The predicted molar refractivity (Wildman–Crippen MR) is 123 cm³/mol. The van der Waals surface area contributed by atoms with Gasteiger partial charge in [0, 0.05) is 30.6 Å². The Hall–Kier alpha value is -4.47. The Kier molecular flexibility index (Phi) is 5.90. The number of aryl methyl sites for hydroxylation is 1. The van der Waals surface area contributed by atoms with Gasteiger partial charge in [-0.25, -0.2) is 14.8 Å². The van der Waals surface area contributed by atoms with Gasteiger partial charge in [-0.05, 0) is 36.4 Å². The molecule has 1 amide bonds. The number of methoxy groups -OCH3 is 2. The largest absolute Gasteiger partial charge is 0.497 e. The fraction of sp³-hybridized carbons (Fsp3) is 0.174. The number of aromatic nitrogens is 4. The number of rotatable bonds is 6. The van der Waals surface area contributed by atoms with Crippen LogP contribution in [0.15, 0.2) is 64.3 Å². The van der Waals surface area contributed by atoms with Gasteiger partial charge >= 0.3 is 5.69 Å². The van der Waals surface area contributed by atoms with E-state index in [-0.39, 0.29) is 11.0 Å². The summed E-state index contributed by atoms with van der Waals surface area (Å²) in [4.78, 5) is 47.1. The number of ether oxygens (including phenoxy) is 2. The minimum atomic E-state index is -0.660. The molecule has 0 bridgehead atoms. The van der Waals surface area contributed by atoms with E-state index >= 15 is 0 Å². The van der Waals surface area contributed by atoms with Crippen molar-refractivity contribution in [2.24, 2.45) is 7.05 Å². The van der Waals surface area contributed by atoms with Crippen LogP contribution in [-0.2, 0) is 18.4 Å². The minimum Gasteiger partial charge on any atom is -0.497 e. The van der Waals surface area contributed by atoms with E-state index in [4.69, 9.17) is 9.47 Å². The van der Waals surface area contributed by atoms with Crippen LogP contribution in [0.5, 0.6) is 11.5 Å². The zero-order valence-electron chi connectivity index (χ0n) is 18.2. The van der Waals surface area contributed by atoms with E-state index in [1.54, 1.807) is 55.6 Å². The number of nitrogens with zero attached hydrogens (tertiary/aromatic N) is 4. The highest BCUT2D eigenvalue weighted by atomic mass is 16.5. The molecule has 4 aromatic rings. The lowest BCUT2D eigenvalue weighted by molar-refractivity contribution is -0.116. The topological polar surface area (TPSA) is 117 Å². The predicted octanol–water partition coefficient (Wildman–Crippen LogP) is 1.81. The number of hydrogen-bond acceptors (Lipinski definition) is 7. The second-order valence-corrected chi connectivity index (χ2v) is 7.17. The van der Waals surface area contributed by atoms with Crippen molar-refractivity contribution in [1.29, 1.82) is 0 Å². The number of anilines is 1. The van der Waals surface area contributed by atoms with Gasteiger partial charge in [-0.15, -0.1) is 0 Å². The Bertz CT molecular complexity index is 1460. The van der Waals surface area contributed by atoms with Crippen molar-refractivity contribution < 1.29 is 14.3 Å². The molecular formula is C23H21N5O5. The Morgan fingerprint density at radius 1 is 1.03 bits per heavy atom. The maximum Gasteiger partial charge on any atom is 0.332 e. The second-order valence-electron chi connectivity index (χ2n) is 7.17. The molecule has 10 heteroatoms. The molecule has 0 aliphatic rings. The third-order valence-electron chi connectivity index (χ3n) is 5.08. The van der Waals surface area contributed by atoms with Crippen LogP contribution in [0.4, 0.5) is 5.69 Å². The first-order chi connectivity index (χ1) is 15.9. The van der Waals surface area contributed by atoms with Crippen molar-refractivity contribution in [2.75, 3.05) is 19.5 Å². The number of hydrogen-bond donors (Lipinski definition) is 1. The monoisotopic (exact) mass is 447 g/mol. The van der Waals surface area contributed by atoms with Crippen LogP contribution < -0.4 is 26.0 Å². The van der Waals surface area contributed by atoms with E-state index in [9.17, 15) is 14.4 Å². The number of carbonyl (C=O) groups excluding carboxylic acids is 1. The summed E-state index contributed by atoms with van der Waals surface area (Å²) < 4.78 is 12.4.